The summed E-state index contributed by atoms with van der Waals surface area (Å²) >= 11 is 0. The fraction of sp³-hybridized carbons (Fsp3) is 0.304. The molecular formula is C23H22N4O3. The zero-order chi connectivity index (χ0) is 21.3. The van der Waals surface area contributed by atoms with E-state index in [1.54, 1.807) is 36.1 Å². The van der Waals surface area contributed by atoms with Crippen LogP contribution in [0.3, 0.4) is 0 Å². The van der Waals surface area contributed by atoms with Gasteiger partial charge in [0.1, 0.15) is 12.1 Å². The van der Waals surface area contributed by atoms with Crippen molar-refractivity contribution >= 4 is 17.8 Å². The minimum Gasteiger partial charge on any atom is -0.334 e. The molecule has 2 aliphatic rings. The minimum absolute atomic E-state index is 0.156. The molecule has 1 aliphatic heterocycles. The molecule has 4 amide bonds. The Bertz CT molecular complexity index is 1020. The summed E-state index contributed by atoms with van der Waals surface area (Å²) in [6.45, 7) is 1.78. The summed E-state index contributed by atoms with van der Waals surface area (Å²) in [7, 11) is 0. The van der Waals surface area contributed by atoms with Gasteiger partial charge >= 0.3 is 6.03 Å². The molecule has 1 saturated carbocycles. The van der Waals surface area contributed by atoms with Crippen LogP contribution < -0.4 is 5.32 Å². The second-order valence-corrected chi connectivity index (χ2v) is 7.87. The van der Waals surface area contributed by atoms with Gasteiger partial charge in [0, 0.05) is 12.6 Å². The molecule has 2 fully saturated rings. The Hall–Kier alpha value is -3.66. The minimum atomic E-state index is -1.27. The third kappa shape index (κ3) is 3.64. The number of carbonyl (C=O) groups excluding carboxylic acids is 3. The van der Waals surface area contributed by atoms with E-state index in [0.717, 1.165) is 23.3 Å². The standard InChI is InChI=1S/C23H22N4O3/c1-23(18-9-7-16(13-24)8-10-18)21(29)27(22(30)25-23)15-20(28)26(19-11-12-19)14-17-5-3-2-4-6-17/h2-10,19H,11-12,14-15H2,1H3,(H,25,30). The first-order valence-corrected chi connectivity index (χ1v) is 9.90. The van der Waals surface area contributed by atoms with Crippen molar-refractivity contribution < 1.29 is 14.4 Å². The van der Waals surface area contributed by atoms with Crippen LogP contribution in [0.2, 0.25) is 0 Å². The van der Waals surface area contributed by atoms with Crippen LogP contribution in [0.5, 0.6) is 0 Å². The normalized spacial score (nSPS) is 20.6. The van der Waals surface area contributed by atoms with Crippen LogP contribution in [0.25, 0.3) is 0 Å². The van der Waals surface area contributed by atoms with Gasteiger partial charge in [-0.15, -0.1) is 0 Å². The molecule has 7 nitrogen and oxygen atoms in total. The fourth-order valence-electron chi connectivity index (χ4n) is 3.73. The Morgan fingerprint density at radius 2 is 1.83 bits per heavy atom. The van der Waals surface area contributed by atoms with Crippen LogP contribution in [0.4, 0.5) is 4.79 Å². The van der Waals surface area contributed by atoms with Crippen molar-refractivity contribution in [2.24, 2.45) is 0 Å². The molecule has 1 atom stereocenters. The van der Waals surface area contributed by atoms with Gasteiger partial charge in [0.05, 0.1) is 11.6 Å². The molecule has 0 radical (unpaired) electrons. The maximum Gasteiger partial charge on any atom is 0.325 e. The predicted molar refractivity (Wildman–Crippen MR) is 109 cm³/mol. The topological polar surface area (TPSA) is 93.5 Å². The summed E-state index contributed by atoms with van der Waals surface area (Å²) in [5.41, 5.74) is 0.775. The molecule has 1 saturated heterocycles. The van der Waals surface area contributed by atoms with E-state index in [1.165, 1.54) is 0 Å². The van der Waals surface area contributed by atoms with Crippen molar-refractivity contribution in [3.8, 4) is 6.07 Å². The second-order valence-electron chi connectivity index (χ2n) is 7.87. The summed E-state index contributed by atoms with van der Waals surface area (Å²) in [6.07, 6.45) is 1.86. The molecule has 0 bridgehead atoms. The van der Waals surface area contributed by atoms with Crippen LogP contribution >= 0.6 is 0 Å². The first-order chi connectivity index (χ1) is 14.4. The molecule has 4 rings (SSSR count). The summed E-state index contributed by atoms with van der Waals surface area (Å²) in [6, 6.07) is 17.8. The number of nitrogens with one attached hydrogen (secondary N) is 1. The van der Waals surface area contributed by atoms with Crippen LogP contribution in [0.1, 0.15) is 36.5 Å². The van der Waals surface area contributed by atoms with E-state index in [1.807, 2.05) is 36.4 Å². The lowest BCUT2D eigenvalue weighted by molar-refractivity contribution is -0.139. The molecule has 2 aromatic rings. The summed E-state index contributed by atoms with van der Waals surface area (Å²) in [5, 5.41) is 11.7. The Labute approximate surface area is 174 Å². The highest BCUT2D eigenvalue weighted by atomic mass is 16.2. The molecule has 1 heterocycles. The average Bonchev–Trinajstić information content (AvgIpc) is 3.57. The maximum atomic E-state index is 13.1. The molecule has 7 heteroatoms. The lowest BCUT2D eigenvalue weighted by Crippen LogP contribution is -2.45. The smallest absolute Gasteiger partial charge is 0.325 e. The van der Waals surface area contributed by atoms with Crippen molar-refractivity contribution in [3.05, 3.63) is 71.3 Å². The van der Waals surface area contributed by atoms with Crippen LogP contribution in [-0.2, 0) is 21.7 Å². The summed E-state index contributed by atoms with van der Waals surface area (Å²) < 4.78 is 0. The number of hydrogen-bond acceptors (Lipinski definition) is 4. The van der Waals surface area contributed by atoms with E-state index in [2.05, 4.69) is 5.32 Å². The van der Waals surface area contributed by atoms with Gasteiger partial charge in [-0.3, -0.25) is 14.5 Å². The van der Waals surface area contributed by atoms with Crippen molar-refractivity contribution in [1.29, 1.82) is 5.26 Å². The average molecular weight is 402 g/mol. The molecule has 1 N–H and O–H groups in total. The van der Waals surface area contributed by atoms with Crippen molar-refractivity contribution in [1.82, 2.24) is 15.1 Å². The van der Waals surface area contributed by atoms with Crippen molar-refractivity contribution in [3.63, 3.8) is 0 Å². The monoisotopic (exact) mass is 402 g/mol. The highest BCUT2D eigenvalue weighted by molar-refractivity contribution is 6.09. The molecule has 1 unspecified atom stereocenters. The number of amides is 4. The van der Waals surface area contributed by atoms with Gasteiger partial charge in [-0.05, 0) is 43.0 Å². The van der Waals surface area contributed by atoms with Gasteiger partial charge in [0.25, 0.3) is 5.91 Å². The predicted octanol–water partition coefficient (Wildman–Crippen LogP) is 2.52. The number of imide groups is 1. The Morgan fingerprint density at radius 1 is 1.17 bits per heavy atom. The first kappa shape index (κ1) is 19.6. The van der Waals surface area contributed by atoms with E-state index >= 15 is 0 Å². The zero-order valence-electron chi connectivity index (χ0n) is 16.7. The van der Waals surface area contributed by atoms with E-state index in [-0.39, 0.29) is 18.5 Å². The van der Waals surface area contributed by atoms with Crippen LogP contribution in [0.15, 0.2) is 54.6 Å². The first-order valence-electron chi connectivity index (χ1n) is 9.90. The van der Waals surface area contributed by atoms with E-state index in [0.29, 0.717) is 17.7 Å². The number of carbonyl (C=O) groups is 3. The quantitative estimate of drug-likeness (QED) is 0.752. The lowest BCUT2D eigenvalue weighted by atomic mass is 9.91. The zero-order valence-corrected chi connectivity index (χ0v) is 16.7. The largest absolute Gasteiger partial charge is 0.334 e. The highest BCUT2D eigenvalue weighted by Gasteiger charge is 2.50. The number of benzene rings is 2. The van der Waals surface area contributed by atoms with Crippen LogP contribution in [-0.4, -0.2) is 40.2 Å². The lowest BCUT2D eigenvalue weighted by Gasteiger charge is -2.25. The van der Waals surface area contributed by atoms with Gasteiger partial charge in [-0.25, -0.2) is 4.79 Å². The van der Waals surface area contributed by atoms with E-state index in [4.69, 9.17) is 5.26 Å². The Morgan fingerprint density at radius 3 is 2.43 bits per heavy atom. The summed E-state index contributed by atoms with van der Waals surface area (Å²) in [5.74, 6) is -0.713. The van der Waals surface area contributed by atoms with Gasteiger partial charge in [0.2, 0.25) is 5.91 Å². The number of nitrogens with zero attached hydrogens (tertiary/aromatic N) is 3. The third-order valence-electron chi connectivity index (χ3n) is 5.66. The third-order valence-corrected chi connectivity index (χ3v) is 5.66. The molecule has 2 aromatic carbocycles. The van der Waals surface area contributed by atoms with Gasteiger partial charge in [0.15, 0.2) is 0 Å². The molecular weight excluding hydrogens is 380 g/mol. The Kier molecular flexibility index (Phi) is 5.00. The van der Waals surface area contributed by atoms with Crippen LogP contribution in [0, 0.1) is 11.3 Å². The molecule has 30 heavy (non-hydrogen) atoms. The summed E-state index contributed by atoms with van der Waals surface area (Å²) in [4.78, 5) is 41.4. The molecule has 152 valence electrons. The number of nitriles is 1. The highest BCUT2D eigenvalue weighted by Crippen LogP contribution is 2.31. The van der Waals surface area contributed by atoms with Gasteiger partial charge < -0.3 is 10.2 Å². The van der Waals surface area contributed by atoms with E-state index < -0.39 is 17.5 Å². The second kappa shape index (κ2) is 7.64. The number of hydrogen-bond donors (Lipinski definition) is 1. The molecule has 0 aromatic heterocycles. The van der Waals surface area contributed by atoms with E-state index in [9.17, 15) is 14.4 Å². The molecule has 0 spiro atoms. The van der Waals surface area contributed by atoms with Gasteiger partial charge in [-0.2, -0.15) is 5.26 Å². The Balaban J connectivity index is 1.50. The fourth-order valence-corrected chi connectivity index (χ4v) is 3.73. The maximum absolute atomic E-state index is 13.1. The van der Waals surface area contributed by atoms with Gasteiger partial charge in [-0.1, -0.05) is 42.5 Å². The van der Waals surface area contributed by atoms with Crippen molar-refractivity contribution in [2.75, 3.05) is 6.54 Å². The number of rotatable bonds is 6. The molecule has 1 aliphatic carbocycles. The number of urea groups is 1. The SMILES string of the molecule is CC1(c2ccc(C#N)cc2)NC(=O)N(CC(=O)N(Cc2ccccc2)C2CC2)C1=O. The van der Waals surface area contributed by atoms with Crippen molar-refractivity contribution in [2.45, 2.75) is 37.9 Å².